The Labute approximate surface area is 221 Å². The molecule has 0 saturated heterocycles. The number of benzene rings is 2. The molecule has 4 heteroatoms. The highest BCUT2D eigenvalue weighted by atomic mass is 16.5. The summed E-state index contributed by atoms with van der Waals surface area (Å²) in [5.41, 5.74) is 4.48. The molecule has 0 aliphatic heterocycles. The summed E-state index contributed by atoms with van der Waals surface area (Å²) in [6.07, 6.45) is 9.52. The Hall–Kier alpha value is -2.48. The van der Waals surface area contributed by atoms with Gasteiger partial charge in [-0.2, -0.15) is 0 Å². The van der Waals surface area contributed by atoms with Gasteiger partial charge in [0.15, 0.2) is 0 Å². The van der Waals surface area contributed by atoms with Crippen molar-refractivity contribution < 1.29 is 9.47 Å². The number of hydrogen-bond donors (Lipinski definition) is 0. The van der Waals surface area contributed by atoms with E-state index in [9.17, 15) is 0 Å². The van der Waals surface area contributed by atoms with E-state index in [4.69, 9.17) is 9.47 Å². The van der Waals surface area contributed by atoms with E-state index in [1.807, 2.05) is 18.2 Å². The quantitative estimate of drug-likeness (QED) is 0.184. The predicted octanol–water partition coefficient (Wildman–Crippen LogP) is 7.13. The average Bonchev–Trinajstić information content (AvgIpc) is 2.82. The summed E-state index contributed by atoms with van der Waals surface area (Å²) in [5, 5.41) is 0. The van der Waals surface area contributed by atoms with Crippen molar-refractivity contribution in [2.24, 2.45) is 0 Å². The van der Waals surface area contributed by atoms with Gasteiger partial charge >= 0.3 is 0 Å². The van der Waals surface area contributed by atoms with Crippen LogP contribution in [0.15, 0.2) is 36.4 Å². The molecule has 0 aliphatic rings. The Morgan fingerprint density at radius 3 is 1.78 bits per heavy atom. The van der Waals surface area contributed by atoms with Crippen molar-refractivity contribution in [2.75, 3.05) is 41.4 Å². The molecule has 36 heavy (non-hydrogen) atoms. The molecule has 0 radical (unpaired) electrons. The summed E-state index contributed by atoms with van der Waals surface area (Å²) < 4.78 is 12.2. The Morgan fingerprint density at radius 2 is 1.22 bits per heavy atom. The molecule has 2 aromatic rings. The molecule has 0 amide bonds. The highest BCUT2D eigenvalue weighted by molar-refractivity contribution is 5.53. The Morgan fingerprint density at radius 1 is 0.639 bits per heavy atom. The molecule has 0 heterocycles. The highest BCUT2D eigenvalue weighted by Crippen LogP contribution is 2.25. The molecular weight excluding hydrogens is 444 g/mol. The summed E-state index contributed by atoms with van der Waals surface area (Å²) in [6, 6.07) is 12.8. The van der Waals surface area contributed by atoms with E-state index in [0.29, 0.717) is 0 Å². The molecule has 0 atom stereocenters. The van der Waals surface area contributed by atoms with E-state index in [0.717, 1.165) is 61.8 Å². The first kappa shape index (κ1) is 29.7. The third-order valence-corrected chi connectivity index (χ3v) is 5.86. The maximum absolute atomic E-state index is 6.17. The minimum absolute atomic E-state index is 0.719. The molecule has 0 spiro atoms. The first-order valence-corrected chi connectivity index (χ1v) is 13.7. The highest BCUT2D eigenvalue weighted by Gasteiger charge is 2.07. The number of rotatable bonds is 16. The van der Waals surface area contributed by atoms with Gasteiger partial charge in [0.1, 0.15) is 11.5 Å². The van der Waals surface area contributed by atoms with E-state index in [-0.39, 0.29) is 0 Å². The van der Waals surface area contributed by atoms with Crippen molar-refractivity contribution >= 4 is 0 Å². The SMILES string of the molecule is CCCCCCOc1ccc(OCCCCCC)c(C#Cc2cc(CN(C)C)cc(CN(C)C)c2)c1. The van der Waals surface area contributed by atoms with Gasteiger partial charge in [0.2, 0.25) is 0 Å². The summed E-state index contributed by atoms with van der Waals surface area (Å²) in [7, 11) is 8.40. The normalized spacial score (nSPS) is 11.0. The summed E-state index contributed by atoms with van der Waals surface area (Å²) in [5.74, 6) is 8.55. The summed E-state index contributed by atoms with van der Waals surface area (Å²) >= 11 is 0. The van der Waals surface area contributed by atoms with Gasteiger partial charge < -0.3 is 19.3 Å². The minimum atomic E-state index is 0.719. The van der Waals surface area contributed by atoms with Gasteiger partial charge in [0.05, 0.1) is 18.8 Å². The molecule has 198 valence electrons. The Balaban J connectivity index is 2.27. The molecule has 0 unspecified atom stereocenters. The molecule has 0 bridgehead atoms. The van der Waals surface area contributed by atoms with Gasteiger partial charge in [0, 0.05) is 18.7 Å². The van der Waals surface area contributed by atoms with Gasteiger partial charge in [0.25, 0.3) is 0 Å². The van der Waals surface area contributed by atoms with Crippen molar-refractivity contribution in [3.05, 3.63) is 58.7 Å². The van der Waals surface area contributed by atoms with Crippen molar-refractivity contribution in [3.63, 3.8) is 0 Å². The largest absolute Gasteiger partial charge is 0.494 e. The van der Waals surface area contributed by atoms with E-state index in [2.05, 4.69) is 81.9 Å². The maximum atomic E-state index is 6.17. The first-order valence-electron chi connectivity index (χ1n) is 13.7. The van der Waals surface area contributed by atoms with Gasteiger partial charge in [-0.1, -0.05) is 70.3 Å². The second-order valence-corrected chi connectivity index (χ2v) is 10.2. The lowest BCUT2D eigenvalue weighted by Gasteiger charge is -2.14. The monoisotopic (exact) mass is 492 g/mol. The van der Waals surface area contributed by atoms with Crippen LogP contribution in [0.3, 0.4) is 0 Å². The molecule has 4 nitrogen and oxygen atoms in total. The van der Waals surface area contributed by atoms with E-state index < -0.39 is 0 Å². The molecule has 2 rings (SSSR count). The van der Waals surface area contributed by atoms with Crippen molar-refractivity contribution in [3.8, 4) is 23.3 Å². The smallest absolute Gasteiger partial charge is 0.135 e. The van der Waals surface area contributed by atoms with Crippen LogP contribution in [-0.4, -0.2) is 51.2 Å². The van der Waals surface area contributed by atoms with Gasteiger partial charge in [-0.3, -0.25) is 0 Å². The number of ether oxygens (including phenoxy) is 2. The Kier molecular flexibility index (Phi) is 14.1. The van der Waals surface area contributed by atoms with Crippen LogP contribution >= 0.6 is 0 Å². The molecule has 0 aliphatic carbocycles. The second-order valence-electron chi connectivity index (χ2n) is 10.2. The molecular formula is C32H48N2O2. The fraction of sp³-hybridized carbons (Fsp3) is 0.562. The topological polar surface area (TPSA) is 24.9 Å². The van der Waals surface area contributed by atoms with Crippen molar-refractivity contribution in [2.45, 2.75) is 78.3 Å². The van der Waals surface area contributed by atoms with Gasteiger partial charge in [-0.05, 0) is 82.5 Å². The average molecular weight is 493 g/mol. The number of nitrogens with zero attached hydrogens (tertiary/aromatic N) is 2. The molecule has 0 fully saturated rings. The van der Waals surface area contributed by atoms with Crippen LogP contribution in [0.5, 0.6) is 11.5 Å². The summed E-state index contributed by atoms with van der Waals surface area (Å²) in [6.45, 7) is 7.70. The third kappa shape index (κ3) is 12.0. The van der Waals surface area contributed by atoms with E-state index in [1.54, 1.807) is 0 Å². The predicted molar refractivity (Wildman–Crippen MR) is 153 cm³/mol. The standard InChI is InChI=1S/C32H48N2O2/c1-7-9-11-13-19-35-31-17-18-32(36-20-14-12-10-8-2)30(24-31)16-15-27-21-28(25-33(3)4)23-29(22-27)26-34(5)6/h17-18,21-24H,7-14,19-20,25-26H2,1-6H3. The maximum Gasteiger partial charge on any atom is 0.135 e. The van der Waals surface area contributed by atoms with E-state index >= 15 is 0 Å². The fourth-order valence-electron chi connectivity index (χ4n) is 4.14. The zero-order valence-corrected chi connectivity index (χ0v) is 23.7. The van der Waals surface area contributed by atoms with Gasteiger partial charge in [-0.15, -0.1) is 0 Å². The fourth-order valence-corrected chi connectivity index (χ4v) is 4.14. The lowest BCUT2D eigenvalue weighted by Crippen LogP contribution is -2.13. The lowest BCUT2D eigenvalue weighted by molar-refractivity contribution is 0.296. The Bertz CT molecular complexity index is 928. The molecule has 0 N–H and O–H groups in total. The molecule has 0 saturated carbocycles. The lowest BCUT2D eigenvalue weighted by atomic mass is 10.0. The number of hydrogen-bond acceptors (Lipinski definition) is 4. The van der Waals surface area contributed by atoms with Crippen LogP contribution in [0, 0.1) is 11.8 Å². The van der Waals surface area contributed by atoms with Crippen LogP contribution in [0.2, 0.25) is 0 Å². The van der Waals surface area contributed by atoms with Crippen molar-refractivity contribution in [1.29, 1.82) is 0 Å². The number of unbranched alkanes of at least 4 members (excludes halogenated alkanes) is 6. The van der Waals surface area contributed by atoms with Crippen LogP contribution < -0.4 is 9.47 Å². The van der Waals surface area contributed by atoms with Crippen molar-refractivity contribution in [1.82, 2.24) is 9.80 Å². The minimum Gasteiger partial charge on any atom is -0.494 e. The van der Waals surface area contributed by atoms with Gasteiger partial charge in [-0.25, -0.2) is 0 Å². The van der Waals surface area contributed by atoms with Crippen LogP contribution in [0.25, 0.3) is 0 Å². The molecule has 2 aromatic carbocycles. The second kappa shape index (κ2) is 17.1. The zero-order chi connectivity index (χ0) is 26.2. The van der Waals surface area contributed by atoms with Crippen LogP contribution in [-0.2, 0) is 13.1 Å². The third-order valence-electron chi connectivity index (χ3n) is 5.86. The zero-order valence-electron chi connectivity index (χ0n) is 23.7. The first-order chi connectivity index (χ1) is 17.4. The summed E-state index contributed by atoms with van der Waals surface area (Å²) in [4.78, 5) is 4.38. The van der Waals surface area contributed by atoms with Crippen LogP contribution in [0.4, 0.5) is 0 Å². The van der Waals surface area contributed by atoms with Crippen LogP contribution in [0.1, 0.15) is 87.5 Å². The molecule has 0 aromatic heterocycles. The van der Waals surface area contributed by atoms with E-state index in [1.165, 1.54) is 49.7 Å².